The fourth-order valence-electron chi connectivity index (χ4n) is 10.9. The molecule has 0 spiro atoms. The monoisotopic (exact) mass is 724 g/mol. The van der Waals surface area contributed by atoms with E-state index in [4.69, 9.17) is 14.2 Å². The van der Waals surface area contributed by atoms with Crippen LogP contribution in [0.1, 0.15) is 134 Å². The second-order valence-corrected chi connectivity index (χ2v) is 16.9. The molecule has 1 saturated heterocycles. The number of carbonyl (C=O) groups excluding carboxylic acids is 2. The van der Waals surface area contributed by atoms with E-state index in [1.54, 1.807) is 0 Å². The van der Waals surface area contributed by atoms with Crippen molar-refractivity contribution in [1.82, 2.24) is 15.1 Å². The maximum atomic E-state index is 13.7. The molecule has 2 aromatic rings. The van der Waals surface area contributed by atoms with Gasteiger partial charge in [-0.1, -0.05) is 57.4 Å². The van der Waals surface area contributed by atoms with E-state index in [1.165, 1.54) is 51.4 Å². The molecule has 1 unspecified atom stereocenters. The Morgan fingerprint density at radius 2 is 1.64 bits per heavy atom. The summed E-state index contributed by atoms with van der Waals surface area (Å²) in [4.78, 5) is 31.8. The number of nitriles is 1. The number of rotatable bonds is 8. The fraction of sp³-hybridized carbons (Fsp3) is 0.651. The molecule has 53 heavy (non-hydrogen) atoms. The number of fused-ring (bicyclic) bond motifs is 9. The summed E-state index contributed by atoms with van der Waals surface area (Å²) in [5, 5.41) is 26.2. The van der Waals surface area contributed by atoms with Crippen molar-refractivity contribution in [3.8, 4) is 29.1 Å². The minimum absolute atomic E-state index is 0.0208. The molecule has 5 atom stereocenters. The summed E-state index contributed by atoms with van der Waals surface area (Å²) in [6.45, 7) is 6.29. The van der Waals surface area contributed by atoms with E-state index in [1.807, 2.05) is 13.8 Å². The lowest BCUT2D eigenvalue weighted by Gasteiger charge is -2.60. The molecule has 0 aromatic heterocycles. The lowest BCUT2D eigenvalue weighted by atomic mass is 9.71. The molecule has 3 fully saturated rings. The van der Waals surface area contributed by atoms with Crippen LogP contribution in [0.25, 0.3) is 0 Å². The summed E-state index contributed by atoms with van der Waals surface area (Å²) in [5.41, 5.74) is 6.35. The molecule has 4 aliphatic heterocycles. The molecule has 2 saturated carbocycles. The number of amides is 1. The van der Waals surface area contributed by atoms with Gasteiger partial charge in [0.2, 0.25) is 12.7 Å². The molecule has 0 radical (unpaired) electrons. The number of likely N-dealkylation sites (N-methyl/N-ethyl adjacent to an activating group) is 1. The van der Waals surface area contributed by atoms with Crippen molar-refractivity contribution in [2.75, 3.05) is 20.4 Å². The van der Waals surface area contributed by atoms with Gasteiger partial charge in [0.1, 0.15) is 17.5 Å². The standard InChI is InChI=1S/C43H56N4O6/c1-24-17-29-19-31-33(21-44)47-32(39(46(31)4)37(29)41(25(24)2)53-36(49)16-15-27-11-7-5-8-12-27)20-30-38(43-42(51-23-52-43)26(3)40(30)50)34(47)22-45-35(48)18-28-13-9-6-10-14-28/h17,27-28,31-34,39,50H,5-16,18-20,22-23H2,1-4H3,(H,45,48)/t31-,32?,33-,34-,39-/m0/s1. The molecule has 284 valence electrons. The van der Waals surface area contributed by atoms with Crippen molar-refractivity contribution in [3.05, 3.63) is 45.0 Å². The van der Waals surface area contributed by atoms with Crippen LogP contribution < -0.4 is 19.5 Å². The van der Waals surface area contributed by atoms with Gasteiger partial charge >= 0.3 is 5.97 Å². The zero-order valence-electron chi connectivity index (χ0n) is 32.0. The number of piperazine rings is 1. The predicted octanol–water partition coefficient (Wildman–Crippen LogP) is 7.17. The van der Waals surface area contributed by atoms with Gasteiger partial charge in [-0.25, -0.2) is 0 Å². The molecule has 6 aliphatic rings. The fourth-order valence-corrected chi connectivity index (χ4v) is 10.9. The molecule has 2 bridgehead atoms. The Kier molecular flexibility index (Phi) is 10.1. The van der Waals surface area contributed by atoms with Crippen LogP contribution in [0.15, 0.2) is 6.07 Å². The summed E-state index contributed by atoms with van der Waals surface area (Å²) >= 11 is 0. The van der Waals surface area contributed by atoms with Gasteiger partial charge in [0.05, 0.1) is 18.2 Å². The Morgan fingerprint density at radius 3 is 2.36 bits per heavy atom. The van der Waals surface area contributed by atoms with Crippen LogP contribution in [0.3, 0.4) is 0 Å². The minimum atomic E-state index is -0.507. The van der Waals surface area contributed by atoms with Crippen LogP contribution in [0, 0.1) is 43.9 Å². The second-order valence-electron chi connectivity index (χ2n) is 16.9. The number of phenols is 1. The first kappa shape index (κ1) is 36.2. The number of phenolic OH excluding ortho intramolecular Hbond substituents is 1. The molecule has 10 nitrogen and oxygen atoms in total. The van der Waals surface area contributed by atoms with Crippen molar-refractivity contribution in [2.45, 2.75) is 147 Å². The van der Waals surface area contributed by atoms with Crippen LogP contribution in [0.2, 0.25) is 0 Å². The summed E-state index contributed by atoms with van der Waals surface area (Å²) in [6, 6.07) is 3.34. The Morgan fingerprint density at radius 1 is 0.943 bits per heavy atom. The third-order valence-corrected chi connectivity index (χ3v) is 13.8. The number of hydrogen-bond acceptors (Lipinski definition) is 9. The predicted molar refractivity (Wildman–Crippen MR) is 200 cm³/mol. The van der Waals surface area contributed by atoms with E-state index in [2.05, 4.69) is 41.2 Å². The highest BCUT2D eigenvalue weighted by Crippen LogP contribution is 2.57. The largest absolute Gasteiger partial charge is 0.507 e. The topological polar surface area (TPSA) is 124 Å². The number of ether oxygens (including phenoxy) is 3. The van der Waals surface area contributed by atoms with Gasteiger partial charge in [-0.3, -0.25) is 19.4 Å². The van der Waals surface area contributed by atoms with Crippen molar-refractivity contribution in [2.24, 2.45) is 11.8 Å². The van der Waals surface area contributed by atoms with E-state index >= 15 is 0 Å². The highest BCUT2D eigenvalue weighted by Gasteiger charge is 2.56. The lowest BCUT2D eigenvalue weighted by Crippen LogP contribution is -2.68. The van der Waals surface area contributed by atoms with E-state index < -0.39 is 12.1 Å². The Balaban J connectivity index is 1.18. The number of hydrogen-bond donors (Lipinski definition) is 2. The number of esters is 1. The normalized spacial score (nSPS) is 27.0. The number of aryl methyl sites for hydroxylation is 1. The number of benzene rings is 2. The number of aromatic hydroxyl groups is 1. The van der Waals surface area contributed by atoms with Gasteiger partial charge in [-0.05, 0) is 88.4 Å². The van der Waals surface area contributed by atoms with Gasteiger partial charge in [0.15, 0.2) is 11.5 Å². The summed E-state index contributed by atoms with van der Waals surface area (Å²) in [5.74, 6) is 2.75. The van der Waals surface area contributed by atoms with Crippen molar-refractivity contribution < 1.29 is 28.9 Å². The Labute approximate surface area is 314 Å². The number of carbonyl (C=O) groups is 2. The van der Waals surface area contributed by atoms with Gasteiger partial charge in [0.25, 0.3) is 0 Å². The van der Waals surface area contributed by atoms with Crippen LogP contribution >= 0.6 is 0 Å². The molecule has 10 heteroatoms. The van der Waals surface area contributed by atoms with Crippen LogP contribution in [-0.4, -0.2) is 65.3 Å². The SMILES string of the molecule is Cc1cc2c(c(OC(=O)CCC3CCCCC3)c1C)[C@@H]1C3Cc4c(O)c(C)c5c(c4[C@H](CNC(=O)CC4CCCCC4)N3[C@@H](C#N)[C@H](C2)N1C)OCO5. The number of nitrogens with zero attached hydrogens (tertiary/aromatic N) is 3. The highest BCUT2D eigenvalue weighted by molar-refractivity contribution is 5.76. The quantitative estimate of drug-likeness (QED) is 0.215. The van der Waals surface area contributed by atoms with Crippen LogP contribution in [0.4, 0.5) is 0 Å². The van der Waals surface area contributed by atoms with Gasteiger partial charge < -0.3 is 24.6 Å². The maximum Gasteiger partial charge on any atom is 0.311 e. The zero-order chi connectivity index (χ0) is 37.0. The minimum Gasteiger partial charge on any atom is -0.507 e. The third kappa shape index (κ3) is 6.46. The average molecular weight is 725 g/mol. The maximum absolute atomic E-state index is 13.7. The highest BCUT2D eigenvalue weighted by atomic mass is 16.7. The third-order valence-electron chi connectivity index (χ3n) is 13.8. The van der Waals surface area contributed by atoms with Crippen molar-refractivity contribution >= 4 is 11.9 Å². The Hall–Kier alpha value is -3.81. The molecular formula is C43H56N4O6. The van der Waals surface area contributed by atoms with E-state index in [9.17, 15) is 20.0 Å². The van der Waals surface area contributed by atoms with Crippen molar-refractivity contribution in [3.63, 3.8) is 0 Å². The summed E-state index contributed by atoms with van der Waals surface area (Å²) in [7, 11) is 2.09. The first-order chi connectivity index (χ1) is 25.7. The summed E-state index contributed by atoms with van der Waals surface area (Å²) in [6.07, 6.45) is 14.7. The smallest absolute Gasteiger partial charge is 0.311 e. The molecule has 2 aliphatic carbocycles. The van der Waals surface area contributed by atoms with E-state index in [0.717, 1.165) is 52.6 Å². The first-order valence-electron chi connectivity index (χ1n) is 20.3. The second kappa shape index (κ2) is 14.8. The molecule has 2 N–H and O–H groups in total. The van der Waals surface area contributed by atoms with Crippen LogP contribution in [-0.2, 0) is 22.4 Å². The Bertz CT molecular complexity index is 1810. The zero-order valence-corrected chi connectivity index (χ0v) is 32.0. The molecule has 2 aromatic carbocycles. The van der Waals surface area contributed by atoms with Crippen molar-refractivity contribution in [1.29, 1.82) is 5.26 Å². The average Bonchev–Trinajstić information content (AvgIpc) is 3.65. The van der Waals surface area contributed by atoms with Gasteiger partial charge in [0, 0.05) is 53.7 Å². The summed E-state index contributed by atoms with van der Waals surface area (Å²) < 4.78 is 18.5. The molecule has 8 rings (SSSR count). The van der Waals surface area contributed by atoms with Gasteiger partial charge in [-0.15, -0.1) is 0 Å². The lowest BCUT2D eigenvalue weighted by molar-refractivity contribution is -0.135. The molecular weight excluding hydrogens is 668 g/mol. The molecule has 1 amide bonds. The number of nitrogens with one attached hydrogen (secondary N) is 1. The van der Waals surface area contributed by atoms with Crippen LogP contribution in [0.5, 0.6) is 23.0 Å². The van der Waals surface area contributed by atoms with E-state index in [0.29, 0.717) is 60.3 Å². The first-order valence-corrected chi connectivity index (χ1v) is 20.3. The molecule has 4 heterocycles. The van der Waals surface area contributed by atoms with E-state index in [-0.39, 0.29) is 49.1 Å². The van der Waals surface area contributed by atoms with Gasteiger partial charge in [-0.2, -0.15) is 5.26 Å².